The largest absolute Gasteiger partial charge is 0.365 e. The second-order valence-electron chi connectivity index (χ2n) is 6.37. The number of likely N-dealkylation sites (N-methyl/N-ethyl adjacent to an activating group) is 1. The van der Waals surface area contributed by atoms with Gasteiger partial charge in [0.15, 0.2) is 0 Å². The first-order valence-corrected chi connectivity index (χ1v) is 10.7. The summed E-state index contributed by atoms with van der Waals surface area (Å²) in [6.07, 6.45) is 0. The molecule has 1 aromatic carbocycles. The van der Waals surface area contributed by atoms with Gasteiger partial charge in [0.25, 0.3) is 5.91 Å². The number of rotatable bonds is 7. The first kappa shape index (κ1) is 22.5. The van der Waals surface area contributed by atoms with Gasteiger partial charge in [-0.1, -0.05) is 0 Å². The van der Waals surface area contributed by atoms with Crippen LogP contribution in [0.15, 0.2) is 29.2 Å². The Hall–Kier alpha value is -2.76. The van der Waals surface area contributed by atoms with Gasteiger partial charge in [0.05, 0.1) is 17.0 Å². The summed E-state index contributed by atoms with van der Waals surface area (Å²) in [6, 6.07) is 5.59. The van der Waals surface area contributed by atoms with E-state index in [-0.39, 0.29) is 16.4 Å². The van der Waals surface area contributed by atoms with E-state index in [1.807, 2.05) is 0 Å². The maximum atomic E-state index is 12.7. The van der Waals surface area contributed by atoms with Crippen molar-refractivity contribution in [3.63, 3.8) is 0 Å². The number of primary amides is 1. The van der Waals surface area contributed by atoms with E-state index in [1.54, 1.807) is 13.8 Å². The number of aryl methyl sites for hydroxylation is 1. The van der Waals surface area contributed by atoms with Crippen molar-refractivity contribution in [3.05, 3.63) is 40.3 Å². The molecule has 9 nitrogen and oxygen atoms in total. The van der Waals surface area contributed by atoms with E-state index in [4.69, 9.17) is 5.73 Å². The normalized spacial score (nSPS) is 11.3. The molecule has 0 unspecified atom stereocenters. The fourth-order valence-electron chi connectivity index (χ4n) is 2.56. The number of nitrogens with one attached hydrogen (secondary N) is 2. The van der Waals surface area contributed by atoms with Crippen molar-refractivity contribution in [2.45, 2.75) is 25.7 Å². The number of anilines is 2. The molecule has 0 spiro atoms. The van der Waals surface area contributed by atoms with E-state index in [9.17, 15) is 22.8 Å². The molecule has 2 rings (SSSR count). The molecule has 2 aromatic rings. The summed E-state index contributed by atoms with van der Waals surface area (Å²) in [4.78, 5) is 35.9. The maximum absolute atomic E-state index is 12.7. The van der Waals surface area contributed by atoms with Crippen molar-refractivity contribution >= 4 is 49.8 Å². The summed E-state index contributed by atoms with van der Waals surface area (Å²) in [6.45, 7) is 4.41. The predicted molar refractivity (Wildman–Crippen MR) is 112 cm³/mol. The van der Waals surface area contributed by atoms with Crippen LogP contribution in [0, 0.1) is 13.8 Å². The average molecular weight is 439 g/mol. The van der Waals surface area contributed by atoms with E-state index in [0.717, 1.165) is 9.18 Å². The van der Waals surface area contributed by atoms with Crippen molar-refractivity contribution < 1.29 is 22.8 Å². The third kappa shape index (κ3) is 5.19. The minimum absolute atomic E-state index is 0.0254. The lowest BCUT2D eigenvalue weighted by Crippen LogP contribution is -2.35. The molecule has 0 radical (unpaired) electrons. The van der Waals surface area contributed by atoms with Crippen LogP contribution in [0.5, 0.6) is 0 Å². The SMILES string of the molecule is CC(=O)Nc1ccc(S(=O)(=O)N(C)CC(=O)Nc2sc(C)c(C)c2C(N)=O)cc1. The molecule has 0 saturated heterocycles. The number of sulfonamides is 1. The summed E-state index contributed by atoms with van der Waals surface area (Å²) < 4.78 is 26.2. The third-order valence-electron chi connectivity index (χ3n) is 4.13. The number of thiophene rings is 1. The summed E-state index contributed by atoms with van der Waals surface area (Å²) in [5.41, 5.74) is 6.74. The molecule has 1 heterocycles. The van der Waals surface area contributed by atoms with E-state index in [2.05, 4.69) is 10.6 Å². The van der Waals surface area contributed by atoms with Crippen molar-refractivity contribution in [2.24, 2.45) is 5.73 Å². The minimum Gasteiger partial charge on any atom is -0.365 e. The van der Waals surface area contributed by atoms with Crippen LogP contribution in [0.3, 0.4) is 0 Å². The lowest BCUT2D eigenvalue weighted by Gasteiger charge is -2.17. The van der Waals surface area contributed by atoms with Gasteiger partial charge in [-0.05, 0) is 43.7 Å². The van der Waals surface area contributed by atoms with Gasteiger partial charge in [-0.2, -0.15) is 4.31 Å². The molecule has 156 valence electrons. The van der Waals surface area contributed by atoms with E-state index in [1.165, 1.54) is 49.6 Å². The Morgan fingerprint density at radius 2 is 1.69 bits per heavy atom. The van der Waals surface area contributed by atoms with Gasteiger partial charge in [0.1, 0.15) is 5.00 Å². The summed E-state index contributed by atoms with van der Waals surface area (Å²) >= 11 is 1.20. The topological polar surface area (TPSA) is 139 Å². The molecule has 0 aliphatic carbocycles. The summed E-state index contributed by atoms with van der Waals surface area (Å²) in [5, 5.41) is 5.40. The zero-order valence-corrected chi connectivity index (χ0v) is 18.0. The fraction of sp³-hybridized carbons (Fsp3) is 0.278. The lowest BCUT2D eigenvalue weighted by atomic mass is 10.1. The van der Waals surface area contributed by atoms with Crippen LogP contribution in [-0.4, -0.2) is 44.0 Å². The minimum atomic E-state index is -3.93. The average Bonchev–Trinajstić information content (AvgIpc) is 2.88. The van der Waals surface area contributed by atoms with Crippen LogP contribution in [0.1, 0.15) is 27.7 Å². The Kier molecular flexibility index (Phi) is 6.77. The molecule has 0 fully saturated rings. The monoisotopic (exact) mass is 438 g/mol. The molecular weight excluding hydrogens is 416 g/mol. The smallest absolute Gasteiger partial charge is 0.251 e. The number of benzene rings is 1. The zero-order chi connectivity index (χ0) is 21.9. The second kappa shape index (κ2) is 8.72. The Labute approximate surface area is 172 Å². The van der Waals surface area contributed by atoms with Crippen molar-refractivity contribution in [2.75, 3.05) is 24.2 Å². The molecule has 0 aliphatic heterocycles. The van der Waals surface area contributed by atoms with Crippen LogP contribution in [0.4, 0.5) is 10.7 Å². The van der Waals surface area contributed by atoms with Gasteiger partial charge in [-0.15, -0.1) is 11.3 Å². The molecular formula is C18H22N4O5S2. The maximum Gasteiger partial charge on any atom is 0.251 e. The molecule has 29 heavy (non-hydrogen) atoms. The van der Waals surface area contributed by atoms with Crippen molar-refractivity contribution in [1.82, 2.24) is 4.31 Å². The number of nitrogens with zero attached hydrogens (tertiary/aromatic N) is 1. The van der Waals surface area contributed by atoms with Crippen LogP contribution >= 0.6 is 11.3 Å². The first-order chi connectivity index (χ1) is 13.4. The molecule has 0 saturated carbocycles. The van der Waals surface area contributed by atoms with Crippen LogP contribution in [0.2, 0.25) is 0 Å². The lowest BCUT2D eigenvalue weighted by molar-refractivity contribution is -0.116. The standard InChI is InChI=1S/C18H22N4O5S2/c1-10-11(2)28-18(16(10)17(19)25)21-15(24)9-22(4)29(26,27)14-7-5-13(6-8-14)20-12(3)23/h5-8H,9H2,1-4H3,(H2,19,25)(H,20,23)(H,21,24). The third-order valence-corrected chi connectivity index (χ3v) is 7.07. The number of hydrogen-bond donors (Lipinski definition) is 3. The Morgan fingerprint density at radius 3 is 2.21 bits per heavy atom. The summed E-state index contributed by atoms with van der Waals surface area (Å²) in [5.74, 6) is -1.54. The highest BCUT2D eigenvalue weighted by atomic mass is 32.2. The van der Waals surface area contributed by atoms with Gasteiger partial charge < -0.3 is 16.4 Å². The van der Waals surface area contributed by atoms with E-state index >= 15 is 0 Å². The highest BCUT2D eigenvalue weighted by molar-refractivity contribution is 7.89. The van der Waals surface area contributed by atoms with E-state index in [0.29, 0.717) is 16.3 Å². The predicted octanol–water partition coefficient (Wildman–Crippen LogP) is 1.68. The van der Waals surface area contributed by atoms with Gasteiger partial charge in [0.2, 0.25) is 21.8 Å². The van der Waals surface area contributed by atoms with Crippen molar-refractivity contribution in [3.8, 4) is 0 Å². The Balaban J connectivity index is 2.13. The highest BCUT2D eigenvalue weighted by Gasteiger charge is 2.25. The van der Waals surface area contributed by atoms with Gasteiger partial charge in [0, 0.05) is 24.5 Å². The fourth-order valence-corrected chi connectivity index (χ4v) is 4.77. The van der Waals surface area contributed by atoms with Gasteiger partial charge in [-0.25, -0.2) is 8.42 Å². The molecule has 11 heteroatoms. The molecule has 0 atom stereocenters. The highest BCUT2D eigenvalue weighted by Crippen LogP contribution is 2.32. The van der Waals surface area contributed by atoms with Crippen LogP contribution in [-0.2, 0) is 19.6 Å². The Morgan fingerprint density at radius 1 is 1.10 bits per heavy atom. The van der Waals surface area contributed by atoms with Crippen LogP contribution in [0.25, 0.3) is 0 Å². The molecule has 0 aliphatic rings. The molecule has 4 N–H and O–H groups in total. The first-order valence-electron chi connectivity index (χ1n) is 8.47. The molecule has 0 bridgehead atoms. The molecule has 1 aromatic heterocycles. The Bertz CT molecular complexity index is 1060. The number of amides is 3. The quantitative estimate of drug-likeness (QED) is 0.604. The molecule has 3 amide bonds. The van der Waals surface area contributed by atoms with Crippen LogP contribution < -0.4 is 16.4 Å². The zero-order valence-electron chi connectivity index (χ0n) is 16.4. The number of carbonyl (C=O) groups excluding carboxylic acids is 3. The second-order valence-corrected chi connectivity index (χ2v) is 9.64. The number of carbonyl (C=O) groups is 3. The summed E-state index contributed by atoms with van der Waals surface area (Å²) in [7, 11) is -2.66. The number of hydrogen-bond acceptors (Lipinski definition) is 6. The van der Waals surface area contributed by atoms with E-state index < -0.39 is 28.4 Å². The van der Waals surface area contributed by atoms with Gasteiger partial charge in [-0.3, -0.25) is 14.4 Å². The van der Waals surface area contributed by atoms with Gasteiger partial charge >= 0.3 is 0 Å². The van der Waals surface area contributed by atoms with Crippen molar-refractivity contribution in [1.29, 1.82) is 0 Å². The number of nitrogens with two attached hydrogens (primary N) is 1.